The van der Waals surface area contributed by atoms with Gasteiger partial charge in [-0.3, -0.25) is 4.79 Å². The van der Waals surface area contributed by atoms with E-state index in [2.05, 4.69) is 10.6 Å². The fourth-order valence-electron chi connectivity index (χ4n) is 2.18. The molecular formula is C14H19ClN2OS. The van der Waals surface area contributed by atoms with E-state index in [0.717, 1.165) is 23.6 Å². The van der Waals surface area contributed by atoms with Crippen LogP contribution >= 0.6 is 23.4 Å². The normalized spacial score (nSPS) is 20.8. The highest BCUT2D eigenvalue weighted by Crippen LogP contribution is 2.22. The zero-order chi connectivity index (χ0) is 13.7. The summed E-state index contributed by atoms with van der Waals surface area (Å²) in [4.78, 5) is 12.0. The van der Waals surface area contributed by atoms with Crippen molar-refractivity contribution >= 4 is 29.3 Å². The summed E-state index contributed by atoms with van der Waals surface area (Å²) in [6.07, 6.45) is 0.530. The van der Waals surface area contributed by atoms with E-state index in [4.69, 9.17) is 11.6 Å². The molecule has 1 aromatic carbocycles. The van der Waals surface area contributed by atoms with Gasteiger partial charge in [0.05, 0.1) is 6.04 Å². The predicted octanol–water partition coefficient (Wildman–Crippen LogP) is 2.61. The summed E-state index contributed by atoms with van der Waals surface area (Å²) in [5.41, 5.74) is 0.962. The Morgan fingerprint density at radius 2 is 2.37 bits per heavy atom. The van der Waals surface area contributed by atoms with Gasteiger partial charge in [0.1, 0.15) is 0 Å². The number of carbonyl (C=O) groups is 1. The summed E-state index contributed by atoms with van der Waals surface area (Å²) < 4.78 is 0. The fraction of sp³-hybridized carbons (Fsp3) is 0.500. The van der Waals surface area contributed by atoms with Crippen molar-refractivity contribution in [1.29, 1.82) is 0 Å². The lowest BCUT2D eigenvalue weighted by molar-refractivity contribution is -0.122. The number of amides is 1. The molecule has 1 heterocycles. The molecule has 2 atom stereocenters. The molecule has 1 aliphatic rings. The second kappa shape index (κ2) is 7.17. The third-order valence-electron chi connectivity index (χ3n) is 3.18. The summed E-state index contributed by atoms with van der Waals surface area (Å²) in [5.74, 6) is 2.22. The number of benzene rings is 1. The average molecular weight is 299 g/mol. The maximum absolute atomic E-state index is 12.0. The van der Waals surface area contributed by atoms with E-state index in [1.165, 1.54) is 0 Å². The average Bonchev–Trinajstić information content (AvgIpc) is 2.40. The predicted molar refractivity (Wildman–Crippen MR) is 81.7 cm³/mol. The molecule has 1 amide bonds. The van der Waals surface area contributed by atoms with Crippen molar-refractivity contribution in [2.24, 2.45) is 0 Å². The second-order valence-electron chi connectivity index (χ2n) is 4.74. The Balaban J connectivity index is 1.86. The lowest BCUT2D eigenvalue weighted by atomic mass is 10.1. The summed E-state index contributed by atoms with van der Waals surface area (Å²) in [5, 5.41) is 7.07. The minimum atomic E-state index is -0.0579. The molecule has 0 aromatic heterocycles. The molecule has 19 heavy (non-hydrogen) atoms. The molecule has 0 bridgehead atoms. The van der Waals surface area contributed by atoms with Gasteiger partial charge in [-0.15, -0.1) is 0 Å². The molecule has 104 valence electrons. The molecule has 1 aliphatic heterocycles. The lowest BCUT2D eigenvalue weighted by Crippen LogP contribution is -2.41. The van der Waals surface area contributed by atoms with Crippen LogP contribution in [-0.2, 0) is 4.79 Å². The smallest absolute Gasteiger partial charge is 0.222 e. The Labute approximate surface area is 123 Å². The Hall–Kier alpha value is -0.710. The first-order valence-corrected chi connectivity index (χ1v) is 8.05. The Morgan fingerprint density at radius 3 is 3.05 bits per heavy atom. The van der Waals surface area contributed by atoms with E-state index in [9.17, 15) is 4.79 Å². The SMILES string of the molecule is CC(NC(=O)CC1CSCCN1)c1ccccc1Cl. The molecule has 3 nitrogen and oxygen atoms in total. The van der Waals surface area contributed by atoms with E-state index in [1.54, 1.807) is 0 Å². The number of nitrogens with one attached hydrogen (secondary N) is 2. The number of halogens is 1. The first-order valence-electron chi connectivity index (χ1n) is 6.51. The van der Waals surface area contributed by atoms with Gasteiger partial charge in [0, 0.05) is 35.5 Å². The third kappa shape index (κ3) is 4.41. The van der Waals surface area contributed by atoms with Crippen LogP contribution in [0, 0.1) is 0 Å². The number of hydrogen-bond acceptors (Lipinski definition) is 3. The van der Waals surface area contributed by atoms with Gasteiger partial charge < -0.3 is 10.6 Å². The van der Waals surface area contributed by atoms with Crippen LogP contribution in [0.1, 0.15) is 24.9 Å². The summed E-state index contributed by atoms with van der Waals surface area (Å²) in [6.45, 7) is 2.95. The summed E-state index contributed by atoms with van der Waals surface area (Å²) in [7, 11) is 0. The highest BCUT2D eigenvalue weighted by molar-refractivity contribution is 7.99. The fourth-order valence-corrected chi connectivity index (χ4v) is 3.43. The van der Waals surface area contributed by atoms with E-state index in [1.807, 2.05) is 43.0 Å². The highest BCUT2D eigenvalue weighted by atomic mass is 35.5. The number of thioether (sulfide) groups is 1. The van der Waals surface area contributed by atoms with Gasteiger partial charge in [0.15, 0.2) is 0 Å². The van der Waals surface area contributed by atoms with Crippen molar-refractivity contribution in [3.63, 3.8) is 0 Å². The van der Waals surface area contributed by atoms with Gasteiger partial charge in [-0.25, -0.2) is 0 Å². The molecule has 2 N–H and O–H groups in total. The molecule has 2 rings (SSSR count). The zero-order valence-corrected chi connectivity index (χ0v) is 12.6. The summed E-state index contributed by atoms with van der Waals surface area (Å²) >= 11 is 8.03. The van der Waals surface area contributed by atoms with Crippen LogP contribution in [0.15, 0.2) is 24.3 Å². The topological polar surface area (TPSA) is 41.1 Å². The molecule has 1 fully saturated rings. The third-order valence-corrected chi connectivity index (χ3v) is 4.65. The van der Waals surface area contributed by atoms with Crippen molar-refractivity contribution < 1.29 is 4.79 Å². The molecule has 0 spiro atoms. The van der Waals surface area contributed by atoms with Crippen LogP contribution in [-0.4, -0.2) is 30.0 Å². The van der Waals surface area contributed by atoms with Gasteiger partial charge in [0.25, 0.3) is 0 Å². The van der Waals surface area contributed by atoms with E-state index >= 15 is 0 Å². The number of hydrogen-bond donors (Lipinski definition) is 2. The van der Waals surface area contributed by atoms with Crippen LogP contribution in [0.3, 0.4) is 0 Å². The monoisotopic (exact) mass is 298 g/mol. The first-order chi connectivity index (χ1) is 9.16. The van der Waals surface area contributed by atoms with Crippen LogP contribution in [0.5, 0.6) is 0 Å². The Kier molecular flexibility index (Phi) is 5.55. The molecule has 1 saturated heterocycles. The maximum atomic E-state index is 12.0. The van der Waals surface area contributed by atoms with Gasteiger partial charge in [-0.1, -0.05) is 29.8 Å². The van der Waals surface area contributed by atoms with Crippen LogP contribution in [0.4, 0.5) is 0 Å². The zero-order valence-electron chi connectivity index (χ0n) is 11.0. The van der Waals surface area contributed by atoms with Crippen molar-refractivity contribution in [3.8, 4) is 0 Å². The molecular weight excluding hydrogens is 280 g/mol. The number of carbonyl (C=O) groups excluding carboxylic acids is 1. The largest absolute Gasteiger partial charge is 0.349 e. The van der Waals surface area contributed by atoms with Crippen LogP contribution in [0.25, 0.3) is 0 Å². The second-order valence-corrected chi connectivity index (χ2v) is 6.30. The van der Waals surface area contributed by atoms with Gasteiger partial charge >= 0.3 is 0 Å². The van der Waals surface area contributed by atoms with Crippen LogP contribution in [0.2, 0.25) is 5.02 Å². The first kappa shape index (κ1) is 14.7. The van der Waals surface area contributed by atoms with E-state index < -0.39 is 0 Å². The Bertz CT molecular complexity index is 435. The van der Waals surface area contributed by atoms with E-state index in [-0.39, 0.29) is 18.0 Å². The van der Waals surface area contributed by atoms with Crippen LogP contribution < -0.4 is 10.6 Å². The lowest BCUT2D eigenvalue weighted by Gasteiger charge is -2.23. The molecule has 5 heteroatoms. The van der Waals surface area contributed by atoms with E-state index in [0.29, 0.717) is 11.4 Å². The van der Waals surface area contributed by atoms with Crippen molar-refractivity contribution in [2.45, 2.75) is 25.4 Å². The summed E-state index contributed by atoms with van der Waals surface area (Å²) in [6, 6.07) is 7.85. The minimum absolute atomic E-state index is 0.0579. The molecule has 0 saturated carbocycles. The molecule has 1 aromatic rings. The molecule has 0 radical (unpaired) electrons. The highest BCUT2D eigenvalue weighted by Gasteiger charge is 2.18. The molecule has 0 aliphatic carbocycles. The number of rotatable bonds is 4. The van der Waals surface area contributed by atoms with Crippen molar-refractivity contribution in [1.82, 2.24) is 10.6 Å². The van der Waals surface area contributed by atoms with Gasteiger partial charge in [-0.2, -0.15) is 11.8 Å². The Morgan fingerprint density at radius 1 is 1.58 bits per heavy atom. The maximum Gasteiger partial charge on any atom is 0.222 e. The van der Waals surface area contributed by atoms with Crippen molar-refractivity contribution in [3.05, 3.63) is 34.9 Å². The van der Waals surface area contributed by atoms with Crippen molar-refractivity contribution in [2.75, 3.05) is 18.1 Å². The van der Waals surface area contributed by atoms with Gasteiger partial charge in [0.2, 0.25) is 5.91 Å². The quantitative estimate of drug-likeness (QED) is 0.898. The van der Waals surface area contributed by atoms with Gasteiger partial charge in [-0.05, 0) is 18.6 Å². The standard InChI is InChI=1S/C14H19ClN2OS/c1-10(12-4-2-3-5-13(12)15)17-14(18)8-11-9-19-7-6-16-11/h2-5,10-11,16H,6-9H2,1H3,(H,17,18). The molecule has 2 unspecified atom stereocenters. The minimum Gasteiger partial charge on any atom is -0.349 e.